The summed E-state index contributed by atoms with van der Waals surface area (Å²) in [5, 5.41) is 11.6. The second-order valence-corrected chi connectivity index (χ2v) is 11.6. The highest BCUT2D eigenvalue weighted by molar-refractivity contribution is 7.89. The first kappa shape index (κ1) is 29.0. The molecule has 0 saturated heterocycles. The summed E-state index contributed by atoms with van der Waals surface area (Å²) < 4.78 is 28.0. The van der Waals surface area contributed by atoms with Gasteiger partial charge in [-0.15, -0.1) is 0 Å². The van der Waals surface area contributed by atoms with E-state index in [9.17, 15) is 18.3 Å². The van der Waals surface area contributed by atoms with Gasteiger partial charge in [-0.05, 0) is 62.7 Å². The Hall–Kier alpha value is -3.95. The Bertz CT molecular complexity index is 1610. The number of aliphatic imine (C=N–C) groups is 1. The Kier molecular flexibility index (Phi) is 9.07. The van der Waals surface area contributed by atoms with Crippen LogP contribution in [0.15, 0.2) is 82.7 Å². The number of nitrogens with one attached hydrogen (secondary N) is 1. The number of rotatable bonds is 11. The molecule has 210 valence electrons. The lowest BCUT2D eigenvalue weighted by Gasteiger charge is -2.18. The average molecular weight is 561 g/mol. The molecule has 0 unspecified atom stereocenters. The summed E-state index contributed by atoms with van der Waals surface area (Å²) in [7, 11) is -2.14. The summed E-state index contributed by atoms with van der Waals surface area (Å²) in [6, 6.07) is 21.2. The number of sulfonamides is 1. The third-order valence-electron chi connectivity index (χ3n) is 6.97. The van der Waals surface area contributed by atoms with Crippen molar-refractivity contribution in [2.45, 2.75) is 38.5 Å². The quantitative estimate of drug-likeness (QED) is 0.221. The van der Waals surface area contributed by atoms with E-state index in [0.29, 0.717) is 53.1 Å². The topological polar surface area (TPSA) is 106 Å². The summed E-state index contributed by atoms with van der Waals surface area (Å²) in [5.74, 6) is -0.157. The van der Waals surface area contributed by atoms with Crippen molar-refractivity contribution in [2.75, 3.05) is 26.7 Å². The van der Waals surface area contributed by atoms with Gasteiger partial charge in [0.05, 0.1) is 21.9 Å². The smallest absolute Gasteiger partial charge is 0.253 e. The molecule has 3 aromatic carbocycles. The van der Waals surface area contributed by atoms with E-state index >= 15 is 0 Å². The first-order valence-electron chi connectivity index (χ1n) is 13.6. The number of carbonyl (C=O) groups excluding carboxylic acids is 1. The molecule has 4 aromatic rings. The Morgan fingerprint density at radius 2 is 1.60 bits per heavy atom. The number of hydrogen-bond donors (Lipinski definition) is 2. The third-order valence-corrected chi connectivity index (χ3v) is 8.83. The lowest BCUT2D eigenvalue weighted by Crippen LogP contribution is -2.30. The summed E-state index contributed by atoms with van der Waals surface area (Å²) in [6.45, 7) is 7.58. The van der Waals surface area contributed by atoms with Crippen molar-refractivity contribution in [1.82, 2.24) is 14.2 Å². The molecular formula is C31H36N4O4S. The molecule has 8 nitrogen and oxygen atoms in total. The van der Waals surface area contributed by atoms with Crippen molar-refractivity contribution >= 4 is 38.2 Å². The summed E-state index contributed by atoms with van der Waals surface area (Å²) in [5.41, 5.74) is 3.37. The first-order valence-corrected chi connectivity index (χ1v) is 15.0. The lowest BCUT2D eigenvalue weighted by atomic mass is 10.0. The van der Waals surface area contributed by atoms with Crippen LogP contribution in [0.25, 0.3) is 10.9 Å². The highest BCUT2D eigenvalue weighted by Gasteiger charge is 2.24. The van der Waals surface area contributed by atoms with E-state index < -0.39 is 10.0 Å². The molecule has 9 heteroatoms. The molecular weight excluding hydrogens is 524 g/mol. The van der Waals surface area contributed by atoms with E-state index in [1.54, 1.807) is 54.4 Å². The number of benzene rings is 3. The van der Waals surface area contributed by atoms with Crippen LogP contribution in [0.5, 0.6) is 5.88 Å². The molecule has 0 saturated carbocycles. The number of carbonyl (C=O) groups is 1. The minimum Gasteiger partial charge on any atom is -0.494 e. The zero-order valence-corrected chi connectivity index (χ0v) is 24.2. The Balaban J connectivity index is 1.84. The monoisotopic (exact) mass is 560 g/mol. The van der Waals surface area contributed by atoms with Crippen molar-refractivity contribution < 1.29 is 18.3 Å². The van der Waals surface area contributed by atoms with Gasteiger partial charge in [0.15, 0.2) is 5.88 Å². The number of aromatic amines is 1. The van der Waals surface area contributed by atoms with Gasteiger partial charge in [0.25, 0.3) is 5.91 Å². The highest BCUT2D eigenvalue weighted by atomic mass is 32.2. The standard InChI is InChI=1S/C31H36N4O4S/c1-5-8-20-34(4)40(38,39)25-18-19-27-26(21-25)28(30(36)33-27)29(22-12-10-9-11-13-22)32-24-16-14-23(15-17-24)31(37)35(6-2)7-3/h9-19,21,33,36H,5-8,20H2,1-4H3. The maximum atomic E-state index is 13.3. The van der Waals surface area contributed by atoms with Crippen molar-refractivity contribution in [1.29, 1.82) is 0 Å². The van der Waals surface area contributed by atoms with Gasteiger partial charge in [-0.25, -0.2) is 17.7 Å². The van der Waals surface area contributed by atoms with Crippen LogP contribution in [-0.4, -0.2) is 66.0 Å². The maximum absolute atomic E-state index is 13.3. The van der Waals surface area contributed by atoms with Gasteiger partial charge in [-0.2, -0.15) is 0 Å². The number of aromatic nitrogens is 1. The van der Waals surface area contributed by atoms with Gasteiger partial charge in [-0.1, -0.05) is 43.7 Å². The fraction of sp³-hybridized carbons (Fsp3) is 0.290. The number of fused-ring (bicyclic) bond motifs is 1. The molecule has 4 rings (SSSR count). The number of aromatic hydroxyl groups is 1. The molecule has 0 fully saturated rings. The van der Waals surface area contributed by atoms with E-state index in [1.165, 1.54) is 4.31 Å². The van der Waals surface area contributed by atoms with Gasteiger partial charge in [0, 0.05) is 48.7 Å². The first-order chi connectivity index (χ1) is 19.2. The average Bonchev–Trinajstić information content (AvgIpc) is 3.30. The second kappa shape index (κ2) is 12.5. The molecule has 40 heavy (non-hydrogen) atoms. The molecule has 0 spiro atoms. The molecule has 0 aliphatic heterocycles. The van der Waals surface area contributed by atoms with Gasteiger partial charge in [0.2, 0.25) is 10.0 Å². The fourth-order valence-corrected chi connectivity index (χ4v) is 5.84. The van der Waals surface area contributed by atoms with E-state index in [2.05, 4.69) is 4.98 Å². The molecule has 1 aromatic heterocycles. The predicted molar refractivity (Wildman–Crippen MR) is 160 cm³/mol. The van der Waals surface area contributed by atoms with E-state index in [0.717, 1.165) is 18.4 Å². The molecule has 0 aliphatic rings. The maximum Gasteiger partial charge on any atom is 0.253 e. The van der Waals surface area contributed by atoms with Crippen LogP contribution in [0.4, 0.5) is 5.69 Å². The predicted octanol–water partition coefficient (Wildman–Crippen LogP) is 5.95. The number of H-pyrrole nitrogens is 1. The van der Waals surface area contributed by atoms with Crippen molar-refractivity contribution in [3.05, 3.63) is 89.5 Å². The van der Waals surface area contributed by atoms with Gasteiger partial charge in [-0.3, -0.25) is 4.79 Å². The Morgan fingerprint density at radius 1 is 0.925 bits per heavy atom. The SMILES string of the molecule is CCCCN(C)S(=O)(=O)c1ccc2[nH]c(O)c(C(=Nc3ccc(C(=O)N(CC)CC)cc3)c3ccccc3)c2c1. The third kappa shape index (κ3) is 5.95. The molecule has 2 N–H and O–H groups in total. The van der Waals surface area contributed by atoms with Crippen LogP contribution in [-0.2, 0) is 10.0 Å². The molecule has 0 radical (unpaired) electrons. The number of unbranched alkanes of at least 4 members (excludes halogenated alkanes) is 1. The Morgan fingerprint density at radius 3 is 2.23 bits per heavy atom. The van der Waals surface area contributed by atoms with Crippen molar-refractivity contribution in [2.24, 2.45) is 4.99 Å². The highest BCUT2D eigenvalue weighted by Crippen LogP contribution is 2.33. The molecule has 1 heterocycles. The lowest BCUT2D eigenvalue weighted by molar-refractivity contribution is 0.0773. The van der Waals surface area contributed by atoms with Gasteiger partial charge < -0.3 is 15.0 Å². The van der Waals surface area contributed by atoms with Crippen LogP contribution in [0, 0.1) is 0 Å². The van der Waals surface area contributed by atoms with Crippen molar-refractivity contribution in [3.8, 4) is 5.88 Å². The summed E-state index contributed by atoms with van der Waals surface area (Å²) in [4.78, 5) is 22.5. The van der Waals surface area contributed by atoms with E-state index in [4.69, 9.17) is 4.99 Å². The van der Waals surface area contributed by atoms with Crippen LogP contribution in [0.1, 0.15) is 55.1 Å². The molecule has 0 bridgehead atoms. The Labute approximate surface area is 236 Å². The summed E-state index contributed by atoms with van der Waals surface area (Å²) >= 11 is 0. The molecule has 0 aliphatic carbocycles. The molecule has 1 amide bonds. The zero-order chi connectivity index (χ0) is 28.9. The van der Waals surface area contributed by atoms with Crippen LogP contribution < -0.4 is 0 Å². The van der Waals surface area contributed by atoms with Crippen molar-refractivity contribution in [3.63, 3.8) is 0 Å². The fourth-order valence-electron chi connectivity index (χ4n) is 4.60. The minimum atomic E-state index is -3.72. The minimum absolute atomic E-state index is 0.0456. The second-order valence-electron chi connectivity index (χ2n) is 9.59. The zero-order valence-electron chi connectivity index (χ0n) is 23.4. The number of nitrogens with zero attached hydrogens (tertiary/aromatic N) is 3. The van der Waals surface area contributed by atoms with Gasteiger partial charge >= 0.3 is 0 Å². The van der Waals surface area contributed by atoms with E-state index in [1.807, 2.05) is 51.1 Å². The van der Waals surface area contributed by atoms with Crippen LogP contribution in [0.2, 0.25) is 0 Å². The van der Waals surface area contributed by atoms with Crippen LogP contribution >= 0.6 is 0 Å². The number of amides is 1. The van der Waals surface area contributed by atoms with E-state index in [-0.39, 0.29) is 16.7 Å². The van der Waals surface area contributed by atoms with Crippen LogP contribution in [0.3, 0.4) is 0 Å². The normalized spacial score (nSPS) is 12.3. The summed E-state index contributed by atoms with van der Waals surface area (Å²) in [6.07, 6.45) is 1.65. The molecule has 0 atom stereocenters. The number of hydrogen-bond acceptors (Lipinski definition) is 5. The largest absolute Gasteiger partial charge is 0.494 e. The van der Waals surface area contributed by atoms with Gasteiger partial charge in [0.1, 0.15) is 0 Å².